The fraction of sp³-hybridized carbons (Fsp3) is 0.739. The molecule has 0 aromatic rings. The van der Waals surface area contributed by atoms with Crippen LogP contribution >= 0.6 is 7.82 Å². The molecule has 2 unspecified atom stereocenters. The van der Waals surface area contributed by atoms with Crippen molar-refractivity contribution in [3.63, 3.8) is 0 Å². The first-order valence-corrected chi connectivity index (χ1v) is 23.5. The molecule has 56 heavy (non-hydrogen) atoms. The van der Waals surface area contributed by atoms with Gasteiger partial charge in [0.2, 0.25) is 0 Å². The van der Waals surface area contributed by atoms with Crippen molar-refractivity contribution < 1.29 is 42.1 Å². The van der Waals surface area contributed by atoms with Gasteiger partial charge < -0.3 is 27.9 Å². The minimum absolute atomic E-state index is 0.0445. The summed E-state index contributed by atoms with van der Waals surface area (Å²) in [5.41, 5.74) is 0. The van der Waals surface area contributed by atoms with Gasteiger partial charge in [0.1, 0.15) is 19.8 Å². The van der Waals surface area contributed by atoms with E-state index in [0.29, 0.717) is 30.3 Å². The van der Waals surface area contributed by atoms with Crippen LogP contribution in [0.15, 0.2) is 60.8 Å². The Kier molecular flexibility index (Phi) is 36.7. The zero-order valence-electron chi connectivity index (χ0n) is 36.3. The maximum Gasteiger partial charge on any atom is 0.306 e. The quantitative estimate of drug-likeness (QED) is 0.0198. The van der Waals surface area contributed by atoms with E-state index in [9.17, 15) is 19.0 Å². The highest BCUT2D eigenvalue weighted by atomic mass is 31.2. The minimum atomic E-state index is -4.64. The molecule has 0 aliphatic carbocycles. The number of hydrogen-bond acceptors (Lipinski definition) is 8. The van der Waals surface area contributed by atoms with Gasteiger partial charge in [-0.05, 0) is 77.0 Å². The number of likely N-dealkylation sites (N-methyl/N-ethyl adjacent to an activating group) is 1. The monoisotopic (exact) mass is 808 g/mol. The summed E-state index contributed by atoms with van der Waals surface area (Å²) in [6.07, 6.45) is 45.4. The molecule has 9 nitrogen and oxygen atoms in total. The molecular formula is C46H82NO8P. The van der Waals surface area contributed by atoms with Gasteiger partial charge in [0, 0.05) is 12.8 Å². The number of quaternary nitrogens is 1. The van der Waals surface area contributed by atoms with Gasteiger partial charge in [0.05, 0.1) is 27.7 Å². The number of carbonyl (C=O) groups is 2. The summed E-state index contributed by atoms with van der Waals surface area (Å²) in [5.74, 6) is -0.914. The Morgan fingerprint density at radius 1 is 0.554 bits per heavy atom. The van der Waals surface area contributed by atoms with E-state index in [-0.39, 0.29) is 26.1 Å². The molecule has 324 valence electrons. The second-order valence-corrected chi connectivity index (χ2v) is 17.1. The number of unbranched alkanes of at least 4 members (excludes halogenated alkanes) is 15. The van der Waals surface area contributed by atoms with Crippen molar-refractivity contribution in [2.75, 3.05) is 47.5 Å². The first-order valence-electron chi connectivity index (χ1n) is 22.0. The van der Waals surface area contributed by atoms with E-state index in [4.69, 9.17) is 18.5 Å². The zero-order valence-corrected chi connectivity index (χ0v) is 37.2. The van der Waals surface area contributed by atoms with Crippen LogP contribution in [-0.2, 0) is 32.7 Å². The third-order valence-corrected chi connectivity index (χ3v) is 9.97. The summed E-state index contributed by atoms with van der Waals surface area (Å²) in [6.45, 7) is 4.11. The van der Waals surface area contributed by atoms with Crippen LogP contribution in [-0.4, -0.2) is 70.0 Å². The molecule has 0 aromatic carbocycles. The zero-order chi connectivity index (χ0) is 41.4. The summed E-state index contributed by atoms with van der Waals surface area (Å²) >= 11 is 0. The summed E-state index contributed by atoms with van der Waals surface area (Å²) < 4.78 is 33.8. The predicted octanol–water partition coefficient (Wildman–Crippen LogP) is 11.8. The Bertz CT molecular complexity index is 1140. The standard InChI is InChI=1S/C46H82NO8P/c1-6-8-10-12-14-16-18-20-22-23-25-27-29-31-33-35-37-39-46(49)55-44(43-54-56(50,51)53-41-40-47(3,4)5)42-52-45(48)38-36-34-32-30-28-26-24-21-19-17-15-13-11-9-7-2/h14,16,20-22,24-25,27,31,33,44H,6-13,15,17-19,23,26,28-30,32,34-43H2,1-5H3/b16-14-,22-20-,24-21-,27-25-,33-31-. The Morgan fingerprint density at radius 3 is 1.54 bits per heavy atom. The molecule has 0 aliphatic rings. The molecule has 0 aliphatic heterocycles. The maximum atomic E-state index is 12.6. The highest BCUT2D eigenvalue weighted by molar-refractivity contribution is 7.45. The third kappa shape index (κ3) is 41.3. The number of esters is 2. The summed E-state index contributed by atoms with van der Waals surface area (Å²) in [6, 6.07) is 0. The van der Waals surface area contributed by atoms with Crippen molar-refractivity contribution >= 4 is 19.8 Å². The van der Waals surface area contributed by atoms with E-state index >= 15 is 0 Å². The van der Waals surface area contributed by atoms with Crippen molar-refractivity contribution in [3.05, 3.63) is 60.8 Å². The van der Waals surface area contributed by atoms with E-state index < -0.39 is 32.5 Å². The Labute approximate surface area is 343 Å². The molecule has 0 spiro atoms. The number of ether oxygens (including phenoxy) is 2. The van der Waals surface area contributed by atoms with Crippen molar-refractivity contribution in [1.29, 1.82) is 0 Å². The molecule has 0 N–H and O–H groups in total. The SMILES string of the molecule is CCCCC/C=C\C/C=C\C/C=C\C/C=C\CCCC(=O)OC(COC(=O)CCCCCCC/C=C\CCCCCCCC)COP(=O)([O-])OCC[N+](C)(C)C. The van der Waals surface area contributed by atoms with Crippen LogP contribution in [0.3, 0.4) is 0 Å². The minimum Gasteiger partial charge on any atom is -0.756 e. The van der Waals surface area contributed by atoms with Crippen LogP contribution in [0.4, 0.5) is 0 Å². The van der Waals surface area contributed by atoms with Crippen LogP contribution < -0.4 is 4.89 Å². The van der Waals surface area contributed by atoms with E-state index in [1.54, 1.807) is 0 Å². The molecular weight excluding hydrogens is 725 g/mol. The highest BCUT2D eigenvalue weighted by Crippen LogP contribution is 2.38. The third-order valence-electron chi connectivity index (χ3n) is 9.01. The smallest absolute Gasteiger partial charge is 0.306 e. The molecule has 0 heterocycles. The van der Waals surface area contributed by atoms with Gasteiger partial charge in [-0.25, -0.2) is 0 Å². The first kappa shape index (κ1) is 53.7. The second kappa shape index (κ2) is 38.2. The number of rotatable bonds is 39. The number of phosphoric ester groups is 1. The average molecular weight is 808 g/mol. The first-order chi connectivity index (χ1) is 27.0. The van der Waals surface area contributed by atoms with Gasteiger partial charge in [-0.3, -0.25) is 14.2 Å². The molecule has 10 heteroatoms. The van der Waals surface area contributed by atoms with Crippen molar-refractivity contribution in [2.45, 2.75) is 174 Å². The average Bonchev–Trinajstić information content (AvgIpc) is 3.15. The maximum absolute atomic E-state index is 12.6. The molecule has 0 rings (SSSR count). The molecule has 0 bridgehead atoms. The van der Waals surface area contributed by atoms with Crippen LogP contribution in [0.25, 0.3) is 0 Å². The second-order valence-electron chi connectivity index (χ2n) is 15.7. The van der Waals surface area contributed by atoms with E-state index in [1.165, 1.54) is 70.6 Å². The summed E-state index contributed by atoms with van der Waals surface area (Å²) in [5, 5.41) is 0. The van der Waals surface area contributed by atoms with Crippen LogP contribution in [0.1, 0.15) is 168 Å². The normalized spacial score (nSPS) is 14.2. The number of nitrogens with zero attached hydrogens (tertiary/aromatic N) is 1. The summed E-state index contributed by atoms with van der Waals surface area (Å²) in [7, 11) is 1.12. The van der Waals surface area contributed by atoms with Crippen molar-refractivity contribution in [1.82, 2.24) is 0 Å². The van der Waals surface area contributed by atoms with Gasteiger partial charge in [0.25, 0.3) is 7.82 Å². The molecule has 0 amide bonds. The fourth-order valence-electron chi connectivity index (χ4n) is 5.52. The lowest BCUT2D eigenvalue weighted by atomic mass is 10.1. The van der Waals surface area contributed by atoms with E-state index in [2.05, 4.69) is 68.5 Å². The number of carbonyl (C=O) groups excluding carboxylic acids is 2. The summed E-state index contributed by atoms with van der Waals surface area (Å²) in [4.78, 5) is 37.5. The van der Waals surface area contributed by atoms with Gasteiger partial charge in [-0.2, -0.15) is 0 Å². The van der Waals surface area contributed by atoms with E-state index in [0.717, 1.165) is 51.4 Å². The van der Waals surface area contributed by atoms with Crippen molar-refractivity contribution in [3.8, 4) is 0 Å². The van der Waals surface area contributed by atoms with E-state index in [1.807, 2.05) is 27.2 Å². The fourth-order valence-corrected chi connectivity index (χ4v) is 6.25. The van der Waals surface area contributed by atoms with Crippen LogP contribution in [0.5, 0.6) is 0 Å². The lowest BCUT2D eigenvalue weighted by Gasteiger charge is -2.28. The molecule has 0 saturated carbocycles. The molecule has 0 fully saturated rings. The highest BCUT2D eigenvalue weighted by Gasteiger charge is 2.21. The van der Waals surface area contributed by atoms with Crippen molar-refractivity contribution in [2.24, 2.45) is 0 Å². The van der Waals surface area contributed by atoms with Gasteiger partial charge >= 0.3 is 11.9 Å². The Morgan fingerprint density at radius 2 is 0.982 bits per heavy atom. The van der Waals surface area contributed by atoms with Crippen LogP contribution in [0, 0.1) is 0 Å². The molecule has 0 aromatic heterocycles. The van der Waals surface area contributed by atoms with Gasteiger partial charge in [-0.15, -0.1) is 0 Å². The Balaban J connectivity index is 4.49. The van der Waals surface area contributed by atoms with Gasteiger partial charge in [0.15, 0.2) is 6.10 Å². The largest absolute Gasteiger partial charge is 0.756 e. The number of hydrogen-bond donors (Lipinski definition) is 0. The molecule has 2 atom stereocenters. The number of phosphoric acid groups is 1. The molecule has 0 saturated heterocycles. The molecule has 0 radical (unpaired) electrons. The lowest BCUT2D eigenvalue weighted by molar-refractivity contribution is -0.870. The lowest BCUT2D eigenvalue weighted by Crippen LogP contribution is -2.37. The number of allylic oxidation sites excluding steroid dienone is 10. The van der Waals surface area contributed by atoms with Gasteiger partial charge in [-0.1, -0.05) is 139 Å². The van der Waals surface area contributed by atoms with Crippen LogP contribution in [0.2, 0.25) is 0 Å². The predicted molar refractivity (Wildman–Crippen MR) is 231 cm³/mol. The topological polar surface area (TPSA) is 111 Å². The Hall–Kier alpha value is -2.29.